The Hall–Kier alpha value is -1.47. The van der Waals surface area contributed by atoms with Crippen LogP contribution in [0.3, 0.4) is 0 Å². The third kappa shape index (κ3) is 3.79. The molecule has 1 aromatic rings. The Balaban J connectivity index is 1.38. The first-order valence-corrected chi connectivity index (χ1v) is 7.43. The Bertz CT molecular complexity index is 480. The minimum absolute atomic E-state index is 0.00182. The lowest BCUT2D eigenvalue weighted by atomic mass is 10.0. The summed E-state index contributed by atoms with van der Waals surface area (Å²) in [6, 6.07) is 0. The van der Waals surface area contributed by atoms with Crippen molar-refractivity contribution >= 4 is 5.91 Å². The fourth-order valence-electron chi connectivity index (χ4n) is 2.29. The molecule has 1 amide bonds. The van der Waals surface area contributed by atoms with Gasteiger partial charge in [0.05, 0.1) is 12.5 Å². The predicted octanol–water partition coefficient (Wildman–Crippen LogP) is 0.611. The molecule has 2 fully saturated rings. The first kappa shape index (κ1) is 14.5. The van der Waals surface area contributed by atoms with E-state index in [9.17, 15) is 4.79 Å². The molecule has 1 aliphatic carbocycles. The molecule has 2 aliphatic rings. The number of amides is 1. The van der Waals surface area contributed by atoms with Crippen molar-refractivity contribution in [1.29, 1.82) is 0 Å². The molecule has 21 heavy (non-hydrogen) atoms. The summed E-state index contributed by atoms with van der Waals surface area (Å²) in [6.45, 7) is 2.87. The number of nitrogens with zero attached hydrogens (tertiary/aromatic N) is 3. The fourth-order valence-corrected chi connectivity index (χ4v) is 2.29. The third-order valence-corrected chi connectivity index (χ3v) is 3.86. The normalized spacial score (nSPS) is 18.8. The van der Waals surface area contributed by atoms with Crippen LogP contribution < -0.4 is 0 Å². The van der Waals surface area contributed by atoms with E-state index >= 15 is 0 Å². The first-order chi connectivity index (χ1) is 10.3. The predicted molar refractivity (Wildman–Crippen MR) is 72.7 cm³/mol. The zero-order chi connectivity index (χ0) is 14.7. The average molecular weight is 295 g/mol. The second-order valence-electron chi connectivity index (χ2n) is 5.75. The van der Waals surface area contributed by atoms with Gasteiger partial charge in [-0.25, -0.2) is 0 Å². The van der Waals surface area contributed by atoms with Crippen LogP contribution in [0.4, 0.5) is 0 Å². The van der Waals surface area contributed by atoms with Crippen LogP contribution in [0.2, 0.25) is 0 Å². The largest absolute Gasteiger partial charge is 0.381 e. The molecule has 0 spiro atoms. The maximum absolute atomic E-state index is 11.6. The smallest absolute Gasteiger partial charge is 0.248 e. The highest BCUT2D eigenvalue weighted by Crippen LogP contribution is 2.29. The summed E-state index contributed by atoms with van der Waals surface area (Å²) in [5, 5.41) is 3.96. The third-order valence-electron chi connectivity index (χ3n) is 3.86. The summed E-state index contributed by atoms with van der Waals surface area (Å²) in [4.78, 5) is 17.7. The SMILES string of the molecule is COCC(=O)N1CC(c2nc(CCOCC3CC3)no2)C1. The molecule has 1 aromatic heterocycles. The van der Waals surface area contributed by atoms with Crippen LogP contribution in [0.15, 0.2) is 4.52 Å². The van der Waals surface area contributed by atoms with Crippen molar-refractivity contribution in [3.63, 3.8) is 0 Å². The molecule has 1 saturated heterocycles. The molecule has 3 rings (SSSR count). The van der Waals surface area contributed by atoms with E-state index in [0.29, 0.717) is 37.8 Å². The number of likely N-dealkylation sites (tertiary alicyclic amines) is 1. The summed E-state index contributed by atoms with van der Waals surface area (Å²) in [7, 11) is 1.52. The van der Waals surface area contributed by atoms with Crippen molar-refractivity contribution in [3.8, 4) is 0 Å². The van der Waals surface area contributed by atoms with Crippen LogP contribution in [-0.2, 0) is 20.7 Å². The minimum Gasteiger partial charge on any atom is -0.381 e. The van der Waals surface area contributed by atoms with Gasteiger partial charge in [0.15, 0.2) is 5.82 Å². The van der Waals surface area contributed by atoms with Crippen LogP contribution in [0.25, 0.3) is 0 Å². The Morgan fingerprint density at radius 3 is 2.95 bits per heavy atom. The van der Waals surface area contributed by atoms with E-state index in [1.165, 1.54) is 20.0 Å². The van der Waals surface area contributed by atoms with Gasteiger partial charge in [-0.15, -0.1) is 0 Å². The number of hydrogen-bond acceptors (Lipinski definition) is 6. The number of ether oxygens (including phenoxy) is 2. The quantitative estimate of drug-likeness (QED) is 0.654. The Kier molecular flexibility index (Phi) is 4.50. The van der Waals surface area contributed by atoms with Crippen LogP contribution in [-0.4, -0.2) is 61.0 Å². The van der Waals surface area contributed by atoms with Gasteiger partial charge in [0, 0.05) is 33.2 Å². The minimum atomic E-state index is 0.00182. The second kappa shape index (κ2) is 6.53. The molecule has 0 unspecified atom stereocenters. The van der Waals surface area contributed by atoms with E-state index in [0.717, 1.165) is 12.5 Å². The zero-order valence-corrected chi connectivity index (χ0v) is 12.3. The summed E-state index contributed by atoms with van der Waals surface area (Å²) < 4.78 is 15.6. The number of carbonyl (C=O) groups is 1. The molecule has 116 valence electrons. The molecule has 1 aliphatic heterocycles. The van der Waals surface area contributed by atoms with E-state index in [4.69, 9.17) is 14.0 Å². The molecule has 7 nitrogen and oxygen atoms in total. The van der Waals surface area contributed by atoms with Gasteiger partial charge in [0.25, 0.3) is 0 Å². The molecule has 0 atom stereocenters. The number of methoxy groups -OCH3 is 1. The van der Waals surface area contributed by atoms with Crippen molar-refractivity contribution in [1.82, 2.24) is 15.0 Å². The summed E-state index contributed by atoms with van der Waals surface area (Å²) in [6.07, 6.45) is 3.27. The number of hydrogen-bond donors (Lipinski definition) is 0. The lowest BCUT2D eigenvalue weighted by Crippen LogP contribution is -2.49. The standard InChI is InChI=1S/C14H21N3O4/c1-19-9-13(18)17-6-11(7-17)14-15-12(16-21-14)4-5-20-8-10-2-3-10/h10-11H,2-9H2,1H3. The van der Waals surface area contributed by atoms with Crippen molar-refractivity contribution in [3.05, 3.63) is 11.7 Å². The van der Waals surface area contributed by atoms with Gasteiger partial charge in [-0.3, -0.25) is 4.79 Å². The van der Waals surface area contributed by atoms with Gasteiger partial charge in [0.2, 0.25) is 11.8 Å². The maximum Gasteiger partial charge on any atom is 0.248 e. The first-order valence-electron chi connectivity index (χ1n) is 7.43. The average Bonchev–Trinajstić information content (AvgIpc) is 3.12. The van der Waals surface area contributed by atoms with Crippen LogP contribution in [0.1, 0.15) is 30.5 Å². The Morgan fingerprint density at radius 1 is 1.43 bits per heavy atom. The van der Waals surface area contributed by atoms with Crippen molar-refractivity contribution < 1.29 is 18.8 Å². The van der Waals surface area contributed by atoms with Gasteiger partial charge in [-0.2, -0.15) is 4.98 Å². The molecule has 7 heteroatoms. The molecule has 1 saturated carbocycles. The molecular weight excluding hydrogens is 274 g/mol. The molecule has 2 heterocycles. The number of carbonyl (C=O) groups excluding carboxylic acids is 1. The van der Waals surface area contributed by atoms with Gasteiger partial charge < -0.3 is 18.9 Å². The highest BCUT2D eigenvalue weighted by molar-refractivity contribution is 5.78. The maximum atomic E-state index is 11.6. The van der Waals surface area contributed by atoms with Crippen molar-refractivity contribution in [2.45, 2.75) is 25.2 Å². The van der Waals surface area contributed by atoms with Gasteiger partial charge in [-0.05, 0) is 18.8 Å². The zero-order valence-electron chi connectivity index (χ0n) is 12.3. The topological polar surface area (TPSA) is 77.7 Å². The highest BCUT2D eigenvalue weighted by atomic mass is 16.5. The van der Waals surface area contributed by atoms with Crippen LogP contribution >= 0.6 is 0 Å². The van der Waals surface area contributed by atoms with E-state index in [2.05, 4.69) is 10.1 Å². The highest BCUT2D eigenvalue weighted by Gasteiger charge is 2.35. The molecule has 0 bridgehead atoms. The van der Waals surface area contributed by atoms with E-state index in [1.54, 1.807) is 4.90 Å². The monoisotopic (exact) mass is 295 g/mol. The lowest BCUT2D eigenvalue weighted by Gasteiger charge is -2.36. The molecular formula is C14H21N3O4. The summed E-state index contributed by atoms with van der Waals surface area (Å²) in [5.74, 6) is 2.23. The van der Waals surface area contributed by atoms with Gasteiger partial charge >= 0.3 is 0 Å². The lowest BCUT2D eigenvalue weighted by molar-refractivity contribution is -0.140. The van der Waals surface area contributed by atoms with E-state index in [1.807, 2.05) is 0 Å². The Labute approximate surface area is 123 Å². The fraction of sp³-hybridized carbons (Fsp3) is 0.786. The van der Waals surface area contributed by atoms with Gasteiger partial charge in [0.1, 0.15) is 6.61 Å². The Morgan fingerprint density at radius 2 is 2.24 bits per heavy atom. The summed E-state index contributed by atoms with van der Waals surface area (Å²) >= 11 is 0. The van der Waals surface area contributed by atoms with Crippen LogP contribution in [0.5, 0.6) is 0 Å². The van der Waals surface area contributed by atoms with E-state index in [-0.39, 0.29) is 18.4 Å². The number of aromatic nitrogens is 2. The van der Waals surface area contributed by atoms with E-state index < -0.39 is 0 Å². The number of rotatable bonds is 8. The molecule has 0 radical (unpaired) electrons. The van der Waals surface area contributed by atoms with Crippen molar-refractivity contribution in [2.24, 2.45) is 5.92 Å². The molecule has 0 N–H and O–H groups in total. The second-order valence-corrected chi connectivity index (χ2v) is 5.75. The van der Waals surface area contributed by atoms with Crippen LogP contribution in [0, 0.1) is 5.92 Å². The van der Waals surface area contributed by atoms with Crippen molar-refractivity contribution in [2.75, 3.05) is 40.0 Å². The molecule has 0 aromatic carbocycles. The van der Waals surface area contributed by atoms with Gasteiger partial charge in [-0.1, -0.05) is 5.16 Å². The summed E-state index contributed by atoms with van der Waals surface area (Å²) in [5.41, 5.74) is 0.